The molecule has 1 aromatic rings. The minimum Gasteiger partial charge on any atom is -0.444 e. The molecule has 0 fully saturated rings. The first-order valence-corrected chi connectivity index (χ1v) is 6.61. The molecule has 0 atom stereocenters. The number of nitrogens with one attached hydrogen (secondary N) is 2. The Balaban J connectivity index is 2.15. The Labute approximate surface area is 117 Å². The number of anilines is 1. The third kappa shape index (κ3) is 3.58. The van der Waals surface area contributed by atoms with Gasteiger partial charge in [0.05, 0.1) is 22.6 Å². The van der Waals surface area contributed by atoms with Gasteiger partial charge >= 0.3 is 6.09 Å². The van der Waals surface area contributed by atoms with Crippen LogP contribution in [0.15, 0.2) is 6.20 Å². The minimum atomic E-state index is -0.540. The van der Waals surface area contributed by atoms with Crippen molar-refractivity contribution >= 4 is 23.4 Å². The van der Waals surface area contributed by atoms with E-state index >= 15 is 0 Å². The van der Waals surface area contributed by atoms with Crippen molar-refractivity contribution in [1.29, 1.82) is 0 Å². The van der Waals surface area contributed by atoms with Gasteiger partial charge in [0.1, 0.15) is 5.60 Å². The molecule has 0 spiro atoms. The molecule has 0 radical (unpaired) electrons. The number of hydrogen-bond acceptors (Lipinski definition) is 4. The summed E-state index contributed by atoms with van der Waals surface area (Å²) < 4.78 is 5.19. The average molecular weight is 284 g/mol. The Morgan fingerprint density at radius 3 is 2.95 bits per heavy atom. The van der Waals surface area contributed by atoms with Gasteiger partial charge < -0.3 is 10.1 Å². The summed E-state index contributed by atoms with van der Waals surface area (Å²) in [5, 5.41) is 6.42. The van der Waals surface area contributed by atoms with Crippen LogP contribution in [0.2, 0.25) is 5.02 Å². The van der Waals surface area contributed by atoms with E-state index in [2.05, 4.69) is 15.6 Å². The van der Waals surface area contributed by atoms with E-state index in [1.165, 1.54) is 0 Å². The highest BCUT2D eigenvalue weighted by atomic mass is 35.5. The molecule has 1 aromatic heterocycles. The minimum absolute atomic E-state index is 0.497. The van der Waals surface area contributed by atoms with Crippen LogP contribution in [-0.4, -0.2) is 23.2 Å². The first-order chi connectivity index (χ1) is 8.87. The molecule has 1 amide bonds. The third-order valence-electron chi connectivity index (χ3n) is 2.68. The topological polar surface area (TPSA) is 63.2 Å². The number of carbonyl (C=O) groups excluding carboxylic acids is 1. The molecule has 0 aromatic carbocycles. The molecule has 0 aliphatic carbocycles. The van der Waals surface area contributed by atoms with Gasteiger partial charge in [-0.3, -0.25) is 10.3 Å². The van der Waals surface area contributed by atoms with Gasteiger partial charge in [0.15, 0.2) is 0 Å². The lowest BCUT2D eigenvalue weighted by atomic mass is 10.1. The lowest BCUT2D eigenvalue weighted by Crippen LogP contribution is -2.28. The zero-order chi connectivity index (χ0) is 14.0. The van der Waals surface area contributed by atoms with Crippen molar-refractivity contribution in [3.05, 3.63) is 22.5 Å². The van der Waals surface area contributed by atoms with E-state index in [1.54, 1.807) is 6.20 Å². The molecule has 0 unspecified atom stereocenters. The van der Waals surface area contributed by atoms with E-state index < -0.39 is 11.7 Å². The van der Waals surface area contributed by atoms with E-state index in [9.17, 15) is 4.79 Å². The second-order valence-electron chi connectivity index (χ2n) is 5.46. The highest BCUT2D eigenvalue weighted by Gasteiger charge is 2.20. The van der Waals surface area contributed by atoms with E-state index in [0.29, 0.717) is 17.3 Å². The van der Waals surface area contributed by atoms with Gasteiger partial charge in [-0.1, -0.05) is 11.6 Å². The maximum absolute atomic E-state index is 11.7. The summed E-state index contributed by atoms with van der Waals surface area (Å²) in [6.07, 6.45) is 1.85. The number of ether oxygens (including phenoxy) is 1. The Bertz CT molecular complexity index is 497. The van der Waals surface area contributed by atoms with Gasteiger partial charge in [-0.2, -0.15) is 0 Å². The predicted molar refractivity (Wildman–Crippen MR) is 74.5 cm³/mol. The van der Waals surface area contributed by atoms with Crippen LogP contribution in [0.5, 0.6) is 0 Å². The molecule has 6 heteroatoms. The molecule has 19 heavy (non-hydrogen) atoms. The second kappa shape index (κ2) is 5.35. The van der Waals surface area contributed by atoms with E-state index in [4.69, 9.17) is 16.3 Å². The summed E-state index contributed by atoms with van der Waals surface area (Å²) in [7, 11) is 0. The van der Waals surface area contributed by atoms with Crippen LogP contribution in [0.25, 0.3) is 0 Å². The summed E-state index contributed by atoms with van der Waals surface area (Å²) in [6.45, 7) is 7.01. The molecule has 0 saturated heterocycles. The van der Waals surface area contributed by atoms with Gasteiger partial charge in [0, 0.05) is 6.54 Å². The second-order valence-corrected chi connectivity index (χ2v) is 5.84. The Hall–Kier alpha value is -1.33. The van der Waals surface area contributed by atoms with Crippen LogP contribution in [0.3, 0.4) is 0 Å². The molecule has 2 heterocycles. The Morgan fingerprint density at radius 1 is 1.53 bits per heavy atom. The van der Waals surface area contributed by atoms with Gasteiger partial charge in [0.25, 0.3) is 0 Å². The van der Waals surface area contributed by atoms with Crippen LogP contribution in [0.4, 0.5) is 10.5 Å². The number of halogens is 1. The fraction of sp³-hybridized carbons (Fsp3) is 0.538. The van der Waals surface area contributed by atoms with Crippen molar-refractivity contribution in [1.82, 2.24) is 10.3 Å². The number of carbonyl (C=O) groups is 1. The van der Waals surface area contributed by atoms with Gasteiger partial charge in [-0.05, 0) is 39.3 Å². The standard InChI is InChI=1S/C13H18ClN3O2/c1-13(2,3)19-12(18)17-10-7-16-9-6-15-5-4-8(9)11(10)14/h7,15H,4-6H2,1-3H3,(H,17,18). The SMILES string of the molecule is CC(C)(C)OC(=O)Nc1cnc2c(c1Cl)CCNC2. The summed E-state index contributed by atoms with van der Waals surface area (Å²) in [5.41, 5.74) is 1.89. The van der Waals surface area contributed by atoms with Crippen molar-refractivity contribution in [2.45, 2.75) is 39.3 Å². The van der Waals surface area contributed by atoms with Gasteiger partial charge in [-0.25, -0.2) is 4.79 Å². The molecule has 2 rings (SSSR count). The molecule has 1 aliphatic heterocycles. The highest BCUT2D eigenvalue weighted by Crippen LogP contribution is 2.29. The van der Waals surface area contributed by atoms with Crippen LogP contribution < -0.4 is 10.6 Å². The molecular weight excluding hydrogens is 266 g/mol. The first kappa shape index (κ1) is 14.1. The van der Waals surface area contributed by atoms with Crippen LogP contribution in [0.1, 0.15) is 32.0 Å². The molecular formula is C13H18ClN3O2. The number of hydrogen-bond donors (Lipinski definition) is 2. The fourth-order valence-corrected chi connectivity index (χ4v) is 2.19. The fourth-order valence-electron chi connectivity index (χ4n) is 1.89. The van der Waals surface area contributed by atoms with Crippen LogP contribution in [-0.2, 0) is 17.7 Å². The van der Waals surface area contributed by atoms with E-state index in [0.717, 1.165) is 24.2 Å². The highest BCUT2D eigenvalue weighted by molar-refractivity contribution is 6.34. The molecule has 0 saturated carbocycles. The quantitative estimate of drug-likeness (QED) is 0.832. The number of fused-ring (bicyclic) bond motifs is 1. The monoisotopic (exact) mass is 283 g/mol. The molecule has 2 N–H and O–H groups in total. The third-order valence-corrected chi connectivity index (χ3v) is 3.11. The normalized spacial score (nSPS) is 14.7. The number of rotatable bonds is 1. The molecule has 1 aliphatic rings. The first-order valence-electron chi connectivity index (χ1n) is 6.24. The Morgan fingerprint density at radius 2 is 2.26 bits per heavy atom. The van der Waals surface area contributed by atoms with E-state index in [1.807, 2.05) is 20.8 Å². The summed E-state index contributed by atoms with van der Waals surface area (Å²) in [4.78, 5) is 16.0. The zero-order valence-corrected chi connectivity index (χ0v) is 12.1. The predicted octanol–water partition coefficient (Wildman–Crippen LogP) is 2.73. The largest absolute Gasteiger partial charge is 0.444 e. The lowest BCUT2D eigenvalue weighted by molar-refractivity contribution is 0.0636. The van der Waals surface area contributed by atoms with Crippen molar-refractivity contribution in [3.63, 3.8) is 0 Å². The summed E-state index contributed by atoms with van der Waals surface area (Å²) in [5.74, 6) is 0. The number of nitrogens with zero attached hydrogens (tertiary/aromatic N) is 1. The maximum Gasteiger partial charge on any atom is 0.412 e. The molecule has 104 valence electrons. The maximum atomic E-state index is 11.7. The summed E-state index contributed by atoms with van der Waals surface area (Å²) in [6, 6.07) is 0. The molecule has 0 bridgehead atoms. The van der Waals surface area contributed by atoms with Crippen molar-refractivity contribution < 1.29 is 9.53 Å². The smallest absolute Gasteiger partial charge is 0.412 e. The average Bonchev–Trinajstić information content (AvgIpc) is 2.31. The number of aromatic nitrogens is 1. The van der Waals surface area contributed by atoms with Gasteiger partial charge in [-0.15, -0.1) is 0 Å². The summed E-state index contributed by atoms with van der Waals surface area (Å²) >= 11 is 6.30. The van der Waals surface area contributed by atoms with Gasteiger partial charge in [0.2, 0.25) is 0 Å². The number of pyridine rings is 1. The lowest BCUT2D eigenvalue weighted by Gasteiger charge is -2.22. The van der Waals surface area contributed by atoms with Crippen LogP contribution in [0, 0.1) is 0 Å². The van der Waals surface area contributed by atoms with Crippen molar-refractivity contribution in [2.75, 3.05) is 11.9 Å². The van der Waals surface area contributed by atoms with E-state index in [-0.39, 0.29) is 0 Å². The zero-order valence-electron chi connectivity index (χ0n) is 11.3. The van der Waals surface area contributed by atoms with Crippen molar-refractivity contribution in [2.24, 2.45) is 0 Å². The molecule has 5 nitrogen and oxygen atoms in total. The van der Waals surface area contributed by atoms with Crippen molar-refractivity contribution in [3.8, 4) is 0 Å². The Kier molecular flexibility index (Phi) is 3.96. The van der Waals surface area contributed by atoms with Crippen LogP contribution >= 0.6 is 11.6 Å². The number of amides is 1.